The molecule has 38 heavy (non-hydrogen) atoms. The lowest BCUT2D eigenvalue weighted by Crippen LogP contribution is -2.14. The third-order valence-electron chi connectivity index (χ3n) is 6.91. The Bertz CT molecular complexity index is 1670. The van der Waals surface area contributed by atoms with Gasteiger partial charge < -0.3 is 9.67 Å². The Morgan fingerprint density at radius 1 is 0.868 bits per heavy atom. The van der Waals surface area contributed by atoms with Gasteiger partial charge in [-0.2, -0.15) is 0 Å². The second-order valence-electron chi connectivity index (χ2n) is 9.22. The van der Waals surface area contributed by atoms with Gasteiger partial charge >= 0.3 is 5.97 Å². The molecule has 0 bridgehead atoms. The van der Waals surface area contributed by atoms with Crippen LogP contribution in [-0.4, -0.2) is 29.8 Å². The number of hydrogen-bond donors (Lipinski definition) is 1. The van der Waals surface area contributed by atoms with E-state index in [1.807, 2.05) is 61.5 Å². The Kier molecular flexibility index (Phi) is 7.11. The van der Waals surface area contributed by atoms with E-state index < -0.39 is 15.8 Å². The van der Waals surface area contributed by atoms with Crippen LogP contribution in [0.25, 0.3) is 10.9 Å². The molecule has 5 aromatic rings. The summed E-state index contributed by atoms with van der Waals surface area (Å²) in [5, 5.41) is 10.6. The summed E-state index contributed by atoms with van der Waals surface area (Å²) in [5.74, 6) is -1.21. The Morgan fingerprint density at radius 2 is 1.45 bits per heavy atom. The summed E-state index contributed by atoms with van der Waals surface area (Å²) in [6.07, 6.45) is 0.287. The van der Waals surface area contributed by atoms with Crippen LogP contribution in [0.5, 0.6) is 0 Å². The van der Waals surface area contributed by atoms with Crippen molar-refractivity contribution in [3.8, 4) is 0 Å². The van der Waals surface area contributed by atoms with Gasteiger partial charge in [0.1, 0.15) is 0 Å². The molecule has 0 saturated carbocycles. The number of aryl methyl sites for hydroxylation is 1. The maximum Gasteiger partial charge on any atom is 0.335 e. The van der Waals surface area contributed by atoms with Crippen molar-refractivity contribution in [2.45, 2.75) is 24.3 Å². The molecule has 5 nitrogen and oxygen atoms in total. The molecule has 0 saturated heterocycles. The van der Waals surface area contributed by atoms with Gasteiger partial charge in [-0.3, -0.25) is 0 Å². The lowest BCUT2D eigenvalue weighted by atomic mass is 9.98. The fourth-order valence-corrected chi connectivity index (χ4v) is 6.48. The van der Waals surface area contributed by atoms with Crippen molar-refractivity contribution in [2.24, 2.45) is 0 Å². The smallest absolute Gasteiger partial charge is 0.335 e. The predicted octanol–water partition coefficient (Wildman–Crippen LogP) is 6.96. The maximum atomic E-state index is 13.2. The third-order valence-corrected chi connectivity index (χ3v) is 8.88. The Morgan fingerprint density at radius 3 is 2.00 bits per heavy atom. The standard InChI is InChI=1S/C31H26ClNO4S/c1-21-27(18-19-38(36,37)26-15-12-24(13-16-26)31(34)35)28-20-25(32)14-17-29(28)33(21)30(22-8-4-2-5-9-22)23-10-6-3-7-11-23/h2-17,20,30H,18-19H2,1H3,(H,34,35). The van der Waals surface area contributed by atoms with Gasteiger partial charge in [0.2, 0.25) is 0 Å². The number of carbonyl (C=O) groups is 1. The van der Waals surface area contributed by atoms with Gasteiger partial charge in [-0.15, -0.1) is 0 Å². The summed E-state index contributed by atoms with van der Waals surface area (Å²) in [6.45, 7) is 2.02. The summed E-state index contributed by atoms with van der Waals surface area (Å²) in [5.41, 5.74) is 5.15. The second-order valence-corrected chi connectivity index (χ2v) is 11.8. The number of aromatic carboxylic acids is 1. The number of carboxylic acid groups (broad SMARTS) is 1. The highest BCUT2D eigenvalue weighted by molar-refractivity contribution is 7.91. The number of benzene rings is 4. The van der Waals surface area contributed by atoms with Crippen LogP contribution in [0, 0.1) is 6.92 Å². The van der Waals surface area contributed by atoms with E-state index in [1.165, 1.54) is 24.3 Å². The van der Waals surface area contributed by atoms with Gasteiger partial charge in [-0.25, -0.2) is 13.2 Å². The minimum Gasteiger partial charge on any atom is -0.478 e. The summed E-state index contributed by atoms with van der Waals surface area (Å²) in [4.78, 5) is 11.3. The van der Waals surface area contributed by atoms with Crippen molar-refractivity contribution < 1.29 is 18.3 Å². The first-order valence-electron chi connectivity index (χ1n) is 12.2. The molecule has 1 aromatic heterocycles. The SMILES string of the molecule is Cc1c(CCS(=O)(=O)c2ccc(C(=O)O)cc2)c2cc(Cl)ccc2n1C(c1ccccc1)c1ccccc1. The van der Waals surface area contributed by atoms with Gasteiger partial charge in [0, 0.05) is 21.6 Å². The van der Waals surface area contributed by atoms with Crippen LogP contribution in [0.1, 0.15) is 38.8 Å². The normalized spacial score (nSPS) is 11.8. The topological polar surface area (TPSA) is 76.4 Å². The number of rotatable bonds is 8. The highest BCUT2D eigenvalue weighted by Crippen LogP contribution is 2.37. The van der Waals surface area contributed by atoms with Crippen molar-refractivity contribution >= 4 is 38.3 Å². The molecule has 0 aliphatic rings. The van der Waals surface area contributed by atoms with Crippen molar-refractivity contribution in [3.05, 3.63) is 136 Å². The average Bonchev–Trinajstić information content (AvgIpc) is 3.19. The highest BCUT2D eigenvalue weighted by Gasteiger charge is 2.25. The van der Waals surface area contributed by atoms with Crippen LogP contribution >= 0.6 is 11.6 Å². The molecule has 0 aliphatic heterocycles. The van der Waals surface area contributed by atoms with Crippen LogP contribution in [0.3, 0.4) is 0 Å². The van der Waals surface area contributed by atoms with Crippen LogP contribution in [0.2, 0.25) is 5.02 Å². The molecule has 0 spiro atoms. The number of carboxylic acids is 1. The van der Waals surface area contributed by atoms with Crippen LogP contribution in [0.4, 0.5) is 0 Å². The van der Waals surface area contributed by atoms with E-state index in [-0.39, 0.29) is 28.7 Å². The number of aromatic nitrogens is 1. The molecule has 0 unspecified atom stereocenters. The second kappa shape index (κ2) is 10.5. The molecule has 192 valence electrons. The van der Waals surface area contributed by atoms with Gasteiger partial charge in [-0.1, -0.05) is 72.3 Å². The third kappa shape index (κ3) is 4.97. The number of sulfone groups is 1. The molecule has 1 heterocycles. The van der Waals surface area contributed by atoms with Gasteiger partial charge in [0.25, 0.3) is 0 Å². The molecular formula is C31H26ClNO4S. The first-order valence-corrected chi connectivity index (χ1v) is 14.2. The van der Waals surface area contributed by atoms with E-state index >= 15 is 0 Å². The zero-order valence-electron chi connectivity index (χ0n) is 20.7. The molecular weight excluding hydrogens is 518 g/mol. The predicted molar refractivity (Wildman–Crippen MR) is 151 cm³/mol. The minimum atomic E-state index is -3.65. The van der Waals surface area contributed by atoms with Crippen molar-refractivity contribution in [1.29, 1.82) is 0 Å². The molecule has 0 fully saturated rings. The molecule has 4 aromatic carbocycles. The summed E-state index contributed by atoms with van der Waals surface area (Å²) < 4.78 is 28.7. The average molecular weight is 544 g/mol. The maximum absolute atomic E-state index is 13.2. The molecule has 0 aliphatic carbocycles. The Hall–Kier alpha value is -3.87. The van der Waals surface area contributed by atoms with Crippen molar-refractivity contribution in [3.63, 3.8) is 0 Å². The molecule has 0 atom stereocenters. The Labute approximate surface area is 226 Å². The molecule has 0 amide bonds. The van der Waals surface area contributed by atoms with Gasteiger partial charge in [0.05, 0.1) is 22.3 Å². The summed E-state index contributed by atoms with van der Waals surface area (Å²) in [6, 6.07) is 31.4. The molecule has 7 heteroatoms. The zero-order chi connectivity index (χ0) is 26.9. The molecule has 5 rings (SSSR count). The largest absolute Gasteiger partial charge is 0.478 e. The van der Waals surface area contributed by atoms with Crippen molar-refractivity contribution in [2.75, 3.05) is 5.75 Å². The summed E-state index contributed by atoms with van der Waals surface area (Å²) >= 11 is 6.42. The zero-order valence-corrected chi connectivity index (χ0v) is 22.3. The van der Waals surface area contributed by atoms with Gasteiger partial charge in [-0.05, 0) is 72.5 Å². The fraction of sp³-hybridized carbons (Fsp3) is 0.129. The highest BCUT2D eigenvalue weighted by atomic mass is 35.5. The van der Waals surface area contributed by atoms with E-state index in [9.17, 15) is 13.2 Å². The van der Waals surface area contributed by atoms with E-state index in [2.05, 4.69) is 28.8 Å². The van der Waals surface area contributed by atoms with E-state index in [0.717, 1.165) is 33.3 Å². The quantitative estimate of drug-likeness (QED) is 0.229. The lowest BCUT2D eigenvalue weighted by Gasteiger charge is -2.23. The lowest BCUT2D eigenvalue weighted by molar-refractivity contribution is 0.0696. The Balaban J connectivity index is 1.60. The molecule has 0 radical (unpaired) electrons. The number of hydrogen-bond acceptors (Lipinski definition) is 3. The number of nitrogens with zero attached hydrogens (tertiary/aromatic N) is 1. The monoisotopic (exact) mass is 543 g/mol. The van der Waals surface area contributed by atoms with Crippen LogP contribution < -0.4 is 0 Å². The number of halogens is 1. The summed E-state index contributed by atoms with van der Waals surface area (Å²) in [7, 11) is -3.65. The number of fused-ring (bicyclic) bond motifs is 1. The van der Waals surface area contributed by atoms with Crippen LogP contribution in [0.15, 0.2) is 108 Å². The fourth-order valence-electron chi connectivity index (χ4n) is 5.05. The van der Waals surface area contributed by atoms with E-state index in [0.29, 0.717) is 5.02 Å². The van der Waals surface area contributed by atoms with Crippen molar-refractivity contribution in [1.82, 2.24) is 4.57 Å². The minimum absolute atomic E-state index is 0.0466. The molecule has 1 N–H and O–H groups in total. The van der Waals surface area contributed by atoms with Crippen LogP contribution in [-0.2, 0) is 16.3 Å². The van der Waals surface area contributed by atoms with E-state index in [1.54, 1.807) is 0 Å². The van der Waals surface area contributed by atoms with E-state index in [4.69, 9.17) is 16.7 Å². The van der Waals surface area contributed by atoms with Gasteiger partial charge in [0.15, 0.2) is 9.84 Å². The first-order chi connectivity index (χ1) is 18.3. The first kappa shape index (κ1) is 25.8.